The first-order chi connectivity index (χ1) is 7.63. The van der Waals surface area contributed by atoms with Gasteiger partial charge in [-0.05, 0) is 19.4 Å². The zero-order valence-electron chi connectivity index (χ0n) is 10.4. The van der Waals surface area contributed by atoms with Crippen LogP contribution >= 0.6 is 0 Å². The molecule has 1 aromatic rings. The predicted octanol–water partition coefficient (Wildman–Crippen LogP) is 2.76. The van der Waals surface area contributed by atoms with Crippen molar-refractivity contribution < 1.29 is 4.58 Å². The van der Waals surface area contributed by atoms with Crippen molar-refractivity contribution in [2.75, 3.05) is 0 Å². The van der Waals surface area contributed by atoms with Gasteiger partial charge in [-0.25, -0.2) is 4.58 Å². The van der Waals surface area contributed by atoms with E-state index in [1.54, 1.807) is 0 Å². The Morgan fingerprint density at radius 2 is 2.00 bits per heavy atom. The van der Waals surface area contributed by atoms with Crippen LogP contribution in [0.4, 0.5) is 0 Å². The zero-order valence-corrected chi connectivity index (χ0v) is 10.4. The largest absolute Gasteiger partial charge is 0.276 e. The lowest BCUT2D eigenvalue weighted by Crippen LogP contribution is -2.33. The highest BCUT2D eigenvalue weighted by Gasteiger charge is 2.07. The summed E-state index contributed by atoms with van der Waals surface area (Å²) in [5.74, 6) is 1.13. The molecular weight excluding hydrogens is 196 g/mol. The van der Waals surface area contributed by atoms with Gasteiger partial charge in [0.2, 0.25) is 5.84 Å². The second-order valence-electron chi connectivity index (χ2n) is 4.18. The fourth-order valence-corrected chi connectivity index (χ4v) is 1.60. The Balaban J connectivity index is 2.79. The van der Waals surface area contributed by atoms with E-state index in [1.165, 1.54) is 5.56 Å². The molecule has 0 bridgehead atoms. The van der Waals surface area contributed by atoms with Crippen molar-refractivity contribution in [3.8, 4) is 0 Å². The van der Waals surface area contributed by atoms with Gasteiger partial charge in [0.05, 0.1) is 12.2 Å². The van der Waals surface area contributed by atoms with Gasteiger partial charge in [0, 0.05) is 6.92 Å². The van der Waals surface area contributed by atoms with Crippen molar-refractivity contribution in [1.29, 1.82) is 0 Å². The molecule has 0 unspecified atom stereocenters. The maximum atomic E-state index is 3.85. The smallest absolute Gasteiger partial charge is 0.246 e. The molecule has 0 saturated heterocycles. The average molecular weight is 217 g/mol. The minimum atomic E-state index is 0.443. The zero-order chi connectivity index (χ0) is 12.0. The SMILES string of the molecule is C=C[N+](Cc1ccccc1)=C(C)NC(C)C. The van der Waals surface area contributed by atoms with E-state index in [9.17, 15) is 0 Å². The van der Waals surface area contributed by atoms with Crippen LogP contribution in [0.25, 0.3) is 0 Å². The van der Waals surface area contributed by atoms with E-state index in [0.29, 0.717) is 6.04 Å². The number of hydrogen-bond donors (Lipinski definition) is 1. The minimum absolute atomic E-state index is 0.443. The van der Waals surface area contributed by atoms with Crippen LogP contribution in [-0.2, 0) is 6.54 Å². The van der Waals surface area contributed by atoms with Gasteiger partial charge in [-0.2, -0.15) is 0 Å². The molecule has 0 heterocycles. The summed E-state index contributed by atoms with van der Waals surface area (Å²) < 4.78 is 2.12. The molecule has 0 radical (unpaired) electrons. The highest BCUT2D eigenvalue weighted by Crippen LogP contribution is 2.01. The van der Waals surface area contributed by atoms with Crippen LogP contribution in [0.2, 0.25) is 0 Å². The van der Waals surface area contributed by atoms with Crippen LogP contribution < -0.4 is 5.32 Å². The van der Waals surface area contributed by atoms with Gasteiger partial charge in [0.15, 0.2) is 0 Å². The van der Waals surface area contributed by atoms with Gasteiger partial charge >= 0.3 is 0 Å². The number of benzene rings is 1. The van der Waals surface area contributed by atoms with E-state index in [-0.39, 0.29) is 0 Å². The Morgan fingerprint density at radius 3 is 2.50 bits per heavy atom. The summed E-state index contributed by atoms with van der Waals surface area (Å²) in [7, 11) is 0. The Hall–Kier alpha value is -1.57. The Kier molecular flexibility index (Phi) is 4.77. The van der Waals surface area contributed by atoms with E-state index >= 15 is 0 Å². The fourth-order valence-electron chi connectivity index (χ4n) is 1.60. The van der Waals surface area contributed by atoms with Gasteiger partial charge < -0.3 is 0 Å². The maximum Gasteiger partial charge on any atom is 0.246 e. The van der Waals surface area contributed by atoms with Crippen LogP contribution in [0.15, 0.2) is 43.1 Å². The normalized spacial score (nSPS) is 12.2. The molecule has 0 spiro atoms. The Morgan fingerprint density at radius 1 is 1.38 bits per heavy atom. The molecule has 16 heavy (non-hydrogen) atoms. The molecule has 1 N–H and O–H groups in total. The molecule has 0 aliphatic heterocycles. The summed E-state index contributed by atoms with van der Waals surface area (Å²) in [5, 5.41) is 3.39. The van der Waals surface area contributed by atoms with E-state index in [1.807, 2.05) is 12.3 Å². The molecule has 0 saturated carbocycles. The fraction of sp³-hybridized carbons (Fsp3) is 0.357. The number of rotatable bonds is 4. The van der Waals surface area contributed by atoms with Crippen LogP contribution in [0.5, 0.6) is 0 Å². The number of nitrogens with one attached hydrogen (secondary N) is 1. The summed E-state index contributed by atoms with van der Waals surface area (Å²) in [6, 6.07) is 10.8. The highest BCUT2D eigenvalue weighted by molar-refractivity contribution is 5.74. The van der Waals surface area contributed by atoms with Crippen molar-refractivity contribution in [1.82, 2.24) is 5.32 Å². The van der Waals surface area contributed by atoms with E-state index < -0.39 is 0 Å². The summed E-state index contributed by atoms with van der Waals surface area (Å²) in [4.78, 5) is 0. The van der Waals surface area contributed by atoms with Gasteiger partial charge in [0.1, 0.15) is 6.54 Å². The lowest BCUT2D eigenvalue weighted by Gasteiger charge is -2.08. The molecule has 2 heteroatoms. The Labute approximate surface area is 98.3 Å². The molecule has 86 valence electrons. The van der Waals surface area contributed by atoms with Gasteiger partial charge in [-0.1, -0.05) is 36.9 Å². The molecule has 0 amide bonds. The van der Waals surface area contributed by atoms with E-state index in [0.717, 1.165) is 12.4 Å². The van der Waals surface area contributed by atoms with Crippen LogP contribution in [0.1, 0.15) is 26.3 Å². The van der Waals surface area contributed by atoms with Crippen molar-refractivity contribution in [2.24, 2.45) is 0 Å². The molecule has 0 aromatic heterocycles. The third-order valence-corrected chi connectivity index (χ3v) is 2.34. The lowest BCUT2D eigenvalue weighted by molar-refractivity contribution is -0.476. The molecule has 2 nitrogen and oxygen atoms in total. The average Bonchev–Trinajstić information content (AvgIpc) is 2.26. The van der Waals surface area contributed by atoms with E-state index in [2.05, 4.69) is 61.5 Å². The van der Waals surface area contributed by atoms with Crippen molar-refractivity contribution >= 4 is 5.84 Å². The van der Waals surface area contributed by atoms with Crippen LogP contribution in [0, 0.1) is 0 Å². The van der Waals surface area contributed by atoms with Crippen molar-refractivity contribution in [2.45, 2.75) is 33.4 Å². The van der Waals surface area contributed by atoms with Crippen molar-refractivity contribution in [3.05, 3.63) is 48.7 Å². The minimum Gasteiger partial charge on any atom is -0.276 e. The second kappa shape index (κ2) is 6.11. The molecule has 0 fully saturated rings. The van der Waals surface area contributed by atoms with Gasteiger partial charge in [0.25, 0.3) is 0 Å². The second-order valence-corrected chi connectivity index (χ2v) is 4.18. The number of nitrogens with zero attached hydrogens (tertiary/aromatic N) is 1. The standard InChI is InChI=1S/C14H20N2/c1-5-16(13(4)15-12(2)3)11-14-9-7-6-8-10-14/h5-10,12H,1,11H2,2-4H3/p+1. The van der Waals surface area contributed by atoms with Crippen LogP contribution in [-0.4, -0.2) is 16.5 Å². The number of amidine groups is 1. The molecule has 1 aromatic carbocycles. The summed E-state index contributed by atoms with van der Waals surface area (Å²) in [6.45, 7) is 11.0. The van der Waals surface area contributed by atoms with Gasteiger partial charge in [-0.15, -0.1) is 0 Å². The summed E-state index contributed by atoms with van der Waals surface area (Å²) >= 11 is 0. The summed E-state index contributed by atoms with van der Waals surface area (Å²) in [6.07, 6.45) is 1.86. The van der Waals surface area contributed by atoms with E-state index in [4.69, 9.17) is 0 Å². The third-order valence-electron chi connectivity index (χ3n) is 2.34. The van der Waals surface area contributed by atoms with Crippen molar-refractivity contribution in [3.63, 3.8) is 0 Å². The first-order valence-corrected chi connectivity index (χ1v) is 5.66. The molecular formula is C14H21N2+. The van der Waals surface area contributed by atoms with Crippen LogP contribution in [0.3, 0.4) is 0 Å². The quantitative estimate of drug-likeness (QED) is 0.465. The predicted molar refractivity (Wildman–Crippen MR) is 69.6 cm³/mol. The molecule has 1 rings (SSSR count). The number of hydrogen-bond acceptors (Lipinski definition) is 0. The third kappa shape index (κ3) is 3.89. The first kappa shape index (κ1) is 12.5. The molecule has 0 aliphatic rings. The Bertz CT molecular complexity index is 364. The molecule has 0 aliphatic carbocycles. The maximum absolute atomic E-state index is 3.85. The topological polar surface area (TPSA) is 15.0 Å². The monoisotopic (exact) mass is 217 g/mol. The first-order valence-electron chi connectivity index (χ1n) is 5.66. The summed E-state index contributed by atoms with van der Waals surface area (Å²) in [5.41, 5.74) is 1.28. The van der Waals surface area contributed by atoms with Gasteiger partial charge in [-0.3, -0.25) is 5.32 Å². The highest BCUT2D eigenvalue weighted by atomic mass is 15.1. The molecule has 0 atom stereocenters. The lowest BCUT2D eigenvalue weighted by atomic mass is 10.2.